The zero-order valence-corrected chi connectivity index (χ0v) is 18.9. The molecule has 2 heterocycles. The summed E-state index contributed by atoms with van der Waals surface area (Å²) in [6.07, 6.45) is 1.56. The molecule has 0 radical (unpaired) electrons. The van der Waals surface area contributed by atoms with E-state index >= 15 is 0 Å². The van der Waals surface area contributed by atoms with Crippen molar-refractivity contribution in [1.29, 1.82) is 0 Å². The highest BCUT2D eigenvalue weighted by Crippen LogP contribution is 2.49. The first kappa shape index (κ1) is 20.8. The molecule has 4 rings (SSSR count). The predicted octanol–water partition coefficient (Wildman–Crippen LogP) is 4.21. The number of amides is 1. The van der Waals surface area contributed by atoms with Gasteiger partial charge in [0, 0.05) is 18.5 Å². The second kappa shape index (κ2) is 7.98. The molecule has 0 aromatic heterocycles. The van der Waals surface area contributed by atoms with E-state index < -0.39 is 10.0 Å². The van der Waals surface area contributed by atoms with Crippen molar-refractivity contribution in [3.05, 3.63) is 76.7 Å². The van der Waals surface area contributed by atoms with Gasteiger partial charge in [-0.25, -0.2) is 0 Å². The molecule has 30 heavy (non-hydrogen) atoms. The minimum Gasteiger partial charge on any atom is -0.337 e. The van der Waals surface area contributed by atoms with Gasteiger partial charge in [-0.15, -0.1) is 11.0 Å². The molecule has 154 valence electrons. The first-order chi connectivity index (χ1) is 14.3. The third kappa shape index (κ3) is 3.68. The Balaban J connectivity index is 1.75. The summed E-state index contributed by atoms with van der Waals surface area (Å²) in [5.41, 5.74) is 1.96. The fraction of sp³-hybridized carbons (Fsp3) is 0.143. The topological polar surface area (TPSA) is 70.1 Å². The normalized spacial score (nSPS) is 20.2. The van der Waals surface area contributed by atoms with Crippen LogP contribution < -0.4 is 4.90 Å². The number of rotatable bonds is 4. The van der Waals surface area contributed by atoms with Gasteiger partial charge >= 0.3 is 0 Å². The number of hydrogen-bond acceptors (Lipinski definition) is 6. The summed E-state index contributed by atoms with van der Waals surface area (Å²) in [6.45, 7) is 5.74. The lowest BCUT2D eigenvalue weighted by atomic mass is 10.2. The Hall–Kier alpha value is -2.49. The van der Waals surface area contributed by atoms with Crippen molar-refractivity contribution in [2.45, 2.75) is 16.7 Å². The Morgan fingerprint density at radius 3 is 2.47 bits per heavy atom. The summed E-state index contributed by atoms with van der Waals surface area (Å²) < 4.78 is 29.7. The maximum Gasteiger partial charge on any atom is 0.284 e. The van der Waals surface area contributed by atoms with Crippen molar-refractivity contribution in [2.75, 3.05) is 18.5 Å². The SMILES string of the molecule is C=CCN1C(=O)/C(=C2\Sc3ccccc3N2C)S/C1=N/S(=O)(=O)c1ccc(C)cc1. The number of benzene rings is 2. The fourth-order valence-corrected chi connectivity index (χ4v) is 6.59. The predicted molar refractivity (Wildman–Crippen MR) is 123 cm³/mol. The second-order valence-electron chi connectivity index (χ2n) is 6.73. The summed E-state index contributed by atoms with van der Waals surface area (Å²) in [6, 6.07) is 14.3. The average molecular weight is 458 g/mol. The third-order valence-corrected chi connectivity index (χ3v) is 8.45. The lowest BCUT2D eigenvalue weighted by Crippen LogP contribution is -2.30. The molecule has 0 atom stereocenters. The maximum absolute atomic E-state index is 13.1. The van der Waals surface area contributed by atoms with Gasteiger partial charge in [0.2, 0.25) is 0 Å². The standard InChI is InChI=1S/C21H19N3O3S3/c1-4-13-24-19(25)18(20-23(3)16-7-5-6-8-17(16)28-20)29-21(24)22-30(26,27)15-11-9-14(2)10-12-15/h4-12H,1,13H2,2-3H3/b20-18+,22-21+. The molecule has 0 N–H and O–H groups in total. The Morgan fingerprint density at radius 2 is 1.80 bits per heavy atom. The number of sulfonamides is 1. The lowest BCUT2D eigenvalue weighted by Gasteiger charge is -2.15. The van der Waals surface area contributed by atoms with Gasteiger partial charge in [0.25, 0.3) is 15.9 Å². The van der Waals surface area contributed by atoms with Crippen LogP contribution in [0.3, 0.4) is 0 Å². The van der Waals surface area contributed by atoms with Gasteiger partial charge in [-0.1, -0.05) is 47.7 Å². The smallest absolute Gasteiger partial charge is 0.284 e. The zero-order valence-electron chi connectivity index (χ0n) is 16.4. The summed E-state index contributed by atoms with van der Waals surface area (Å²) in [7, 11) is -2.06. The first-order valence-corrected chi connectivity index (χ1v) is 12.2. The summed E-state index contributed by atoms with van der Waals surface area (Å²) in [5, 5.41) is 0.895. The quantitative estimate of drug-likeness (QED) is 0.506. The third-order valence-electron chi connectivity index (χ3n) is 4.62. The van der Waals surface area contributed by atoms with Crippen LogP contribution in [0.4, 0.5) is 5.69 Å². The van der Waals surface area contributed by atoms with Crippen LogP contribution >= 0.6 is 23.5 Å². The average Bonchev–Trinajstić information content (AvgIpc) is 3.20. The molecule has 1 amide bonds. The van der Waals surface area contributed by atoms with E-state index in [9.17, 15) is 13.2 Å². The van der Waals surface area contributed by atoms with E-state index in [4.69, 9.17) is 0 Å². The van der Waals surface area contributed by atoms with E-state index in [1.807, 2.05) is 43.1 Å². The van der Waals surface area contributed by atoms with Crippen LogP contribution in [0.15, 0.2) is 85.3 Å². The van der Waals surface area contributed by atoms with Gasteiger partial charge in [-0.3, -0.25) is 9.69 Å². The van der Waals surface area contributed by atoms with E-state index in [0.717, 1.165) is 32.9 Å². The van der Waals surface area contributed by atoms with Crippen LogP contribution in [0.2, 0.25) is 0 Å². The molecule has 2 aromatic carbocycles. The number of amidine groups is 1. The number of aryl methyl sites for hydroxylation is 1. The molecule has 9 heteroatoms. The first-order valence-electron chi connectivity index (χ1n) is 9.09. The summed E-state index contributed by atoms with van der Waals surface area (Å²) >= 11 is 2.57. The zero-order chi connectivity index (χ0) is 21.5. The molecule has 2 aromatic rings. The van der Waals surface area contributed by atoms with Crippen molar-refractivity contribution in [2.24, 2.45) is 4.40 Å². The van der Waals surface area contributed by atoms with Crippen molar-refractivity contribution >= 4 is 50.3 Å². The molecule has 0 spiro atoms. The van der Waals surface area contributed by atoms with E-state index in [0.29, 0.717) is 4.91 Å². The minimum absolute atomic E-state index is 0.0908. The van der Waals surface area contributed by atoms with E-state index in [-0.39, 0.29) is 22.5 Å². The van der Waals surface area contributed by atoms with Crippen molar-refractivity contribution in [3.63, 3.8) is 0 Å². The van der Waals surface area contributed by atoms with Crippen molar-refractivity contribution in [1.82, 2.24) is 4.90 Å². The van der Waals surface area contributed by atoms with Crippen molar-refractivity contribution < 1.29 is 13.2 Å². The van der Waals surface area contributed by atoms with Gasteiger partial charge in [-0.2, -0.15) is 8.42 Å². The number of para-hydroxylation sites is 1. The van der Waals surface area contributed by atoms with Crippen LogP contribution in [-0.2, 0) is 14.8 Å². The number of hydrogen-bond donors (Lipinski definition) is 0. The highest BCUT2D eigenvalue weighted by molar-refractivity contribution is 8.19. The Kier molecular flexibility index (Phi) is 5.52. The van der Waals surface area contributed by atoms with Crippen molar-refractivity contribution in [3.8, 4) is 0 Å². The monoisotopic (exact) mass is 457 g/mol. The fourth-order valence-electron chi connectivity index (χ4n) is 3.06. The Bertz CT molecular complexity index is 1200. The lowest BCUT2D eigenvalue weighted by molar-refractivity contribution is -0.121. The number of anilines is 1. The van der Waals surface area contributed by atoms with Crippen LogP contribution in [-0.4, -0.2) is 38.0 Å². The van der Waals surface area contributed by atoms with Crippen LogP contribution in [0.25, 0.3) is 0 Å². The Morgan fingerprint density at radius 1 is 1.10 bits per heavy atom. The van der Waals surface area contributed by atoms with Gasteiger partial charge < -0.3 is 4.90 Å². The van der Waals surface area contributed by atoms with Gasteiger partial charge in [0.15, 0.2) is 5.17 Å². The number of nitrogens with zero attached hydrogens (tertiary/aromatic N) is 3. The van der Waals surface area contributed by atoms with Gasteiger partial charge in [-0.05, 0) is 43.0 Å². The maximum atomic E-state index is 13.1. The molecule has 2 aliphatic rings. The summed E-state index contributed by atoms with van der Waals surface area (Å²) in [5.74, 6) is -0.278. The van der Waals surface area contributed by atoms with Crippen LogP contribution in [0.1, 0.15) is 5.56 Å². The Labute approximate surface area is 184 Å². The molecule has 1 fully saturated rings. The highest BCUT2D eigenvalue weighted by Gasteiger charge is 2.39. The van der Waals surface area contributed by atoms with E-state index in [1.165, 1.54) is 28.8 Å². The van der Waals surface area contributed by atoms with E-state index in [2.05, 4.69) is 11.0 Å². The van der Waals surface area contributed by atoms with Gasteiger partial charge in [0.05, 0.1) is 15.6 Å². The number of carbonyl (C=O) groups excluding carboxylic acids is 1. The highest BCUT2D eigenvalue weighted by atomic mass is 32.2. The molecule has 0 saturated carbocycles. The summed E-state index contributed by atoms with van der Waals surface area (Å²) in [4.78, 5) is 18.0. The second-order valence-corrected chi connectivity index (χ2v) is 10.3. The number of fused-ring (bicyclic) bond motifs is 1. The molecule has 0 aliphatic carbocycles. The molecular weight excluding hydrogens is 438 g/mol. The molecule has 0 bridgehead atoms. The van der Waals surface area contributed by atoms with E-state index in [1.54, 1.807) is 18.2 Å². The van der Waals surface area contributed by atoms with Crippen LogP contribution in [0, 0.1) is 6.92 Å². The molecule has 0 unspecified atom stereocenters. The molecule has 2 aliphatic heterocycles. The number of carbonyl (C=O) groups is 1. The number of thioether (sulfide) groups is 2. The molecular formula is C21H19N3O3S3. The minimum atomic E-state index is -3.95. The van der Waals surface area contributed by atoms with Crippen LogP contribution in [0.5, 0.6) is 0 Å². The molecule has 1 saturated heterocycles. The molecule has 6 nitrogen and oxygen atoms in total. The largest absolute Gasteiger partial charge is 0.337 e. The van der Waals surface area contributed by atoms with Gasteiger partial charge in [0.1, 0.15) is 4.91 Å².